The minimum atomic E-state index is 0.713. The molecule has 0 bridgehead atoms. The number of nitrogens with zero attached hydrogens (tertiary/aromatic N) is 1. The van der Waals surface area contributed by atoms with Gasteiger partial charge in [-0.15, -0.1) is 0 Å². The first-order valence-electron chi connectivity index (χ1n) is 4.51. The van der Waals surface area contributed by atoms with Crippen molar-refractivity contribution in [2.45, 2.75) is 19.4 Å². The average Bonchev–Trinajstić information content (AvgIpc) is 2.47. The van der Waals surface area contributed by atoms with Crippen LogP contribution in [0.5, 0.6) is 0 Å². The van der Waals surface area contributed by atoms with Gasteiger partial charge in [0.25, 0.3) is 0 Å². The number of hydrogen-bond acceptors (Lipinski definition) is 1. The molecule has 1 saturated heterocycles. The van der Waals surface area contributed by atoms with Gasteiger partial charge in [0.15, 0.2) is 0 Å². The topological polar surface area (TPSA) is 3.24 Å². The molecule has 1 fully saturated rings. The monoisotopic (exact) mass is 149 g/mol. The van der Waals surface area contributed by atoms with Crippen molar-refractivity contribution in [3.8, 4) is 0 Å². The minimum absolute atomic E-state index is 0.713. The van der Waals surface area contributed by atoms with Crippen molar-refractivity contribution >= 4 is 0 Å². The molecule has 1 aliphatic heterocycles. The van der Waals surface area contributed by atoms with E-state index in [2.05, 4.69) is 36.1 Å². The van der Waals surface area contributed by atoms with Crippen LogP contribution in [0.1, 0.15) is 13.3 Å². The van der Waals surface area contributed by atoms with Gasteiger partial charge in [-0.3, -0.25) is 4.90 Å². The summed E-state index contributed by atoms with van der Waals surface area (Å²) in [6, 6.07) is 0.713. The molecule has 0 radical (unpaired) electrons. The zero-order valence-corrected chi connectivity index (χ0v) is 7.03. The van der Waals surface area contributed by atoms with E-state index in [1.54, 1.807) is 0 Å². The predicted octanol–water partition coefficient (Wildman–Crippen LogP) is 1.82. The van der Waals surface area contributed by atoms with Gasteiger partial charge in [-0.1, -0.05) is 31.2 Å². The van der Waals surface area contributed by atoms with Crippen LogP contribution in [0.4, 0.5) is 0 Å². The molecule has 2 atom stereocenters. The summed E-state index contributed by atoms with van der Waals surface area (Å²) in [5, 5.41) is 0. The van der Waals surface area contributed by atoms with Crippen LogP contribution < -0.4 is 0 Å². The maximum Gasteiger partial charge on any atom is 0.0344 e. The largest absolute Gasteiger partial charge is 0.297 e. The first-order chi connectivity index (χ1) is 5.42. The second-order valence-corrected chi connectivity index (χ2v) is 3.34. The molecule has 11 heavy (non-hydrogen) atoms. The smallest absolute Gasteiger partial charge is 0.0344 e. The Morgan fingerprint density at radius 1 is 1.36 bits per heavy atom. The van der Waals surface area contributed by atoms with Gasteiger partial charge in [-0.2, -0.15) is 0 Å². The summed E-state index contributed by atoms with van der Waals surface area (Å²) in [6.45, 7) is 4.72. The van der Waals surface area contributed by atoms with E-state index in [4.69, 9.17) is 0 Å². The molecule has 1 heterocycles. The van der Waals surface area contributed by atoms with Crippen LogP contribution in [0.15, 0.2) is 24.3 Å². The lowest BCUT2D eigenvalue weighted by atomic mass is 9.96. The van der Waals surface area contributed by atoms with Crippen molar-refractivity contribution in [2.24, 2.45) is 5.92 Å². The van der Waals surface area contributed by atoms with Crippen LogP contribution in [0.2, 0.25) is 0 Å². The SMILES string of the molecule is CCN1CCC2C=CC=CC21. The summed E-state index contributed by atoms with van der Waals surface area (Å²) in [5.41, 5.74) is 0. The number of allylic oxidation sites excluding steroid dienone is 2. The molecular weight excluding hydrogens is 134 g/mol. The van der Waals surface area contributed by atoms with E-state index < -0.39 is 0 Å². The summed E-state index contributed by atoms with van der Waals surface area (Å²) >= 11 is 0. The fraction of sp³-hybridized carbons (Fsp3) is 0.600. The lowest BCUT2D eigenvalue weighted by Crippen LogP contribution is -2.30. The van der Waals surface area contributed by atoms with Gasteiger partial charge in [0.05, 0.1) is 0 Å². The van der Waals surface area contributed by atoms with Gasteiger partial charge in [0.1, 0.15) is 0 Å². The molecule has 0 aromatic heterocycles. The van der Waals surface area contributed by atoms with Crippen molar-refractivity contribution in [1.29, 1.82) is 0 Å². The quantitative estimate of drug-likeness (QED) is 0.549. The second kappa shape index (κ2) is 2.82. The molecule has 0 N–H and O–H groups in total. The highest BCUT2D eigenvalue weighted by molar-refractivity contribution is 5.19. The van der Waals surface area contributed by atoms with Crippen LogP contribution in [0, 0.1) is 5.92 Å². The minimum Gasteiger partial charge on any atom is -0.297 e. The van der Waals surface area contributed by atoms with E-state index >= 15 is 0 Å². The van der Waals surface area contributed by atoms with E-state index in [-0.39, 0.29) is 0 Å². The molecule has 2 rings (SSSR count). The van der Waals surface area contributed by atoms with E-state index in [9.17, 15) is 0 Å². The standard InChI is InChI=1S/C10H15N/c1-2-11-8-7-9-5-3-4-6-10(9)11/h3-6,9-10H,2,7-8H2,1H3. The lowest BCUT2D eigenvalue weighted by Gasteiger charge is -2.23. The zero-order valence-electron chi connectivity index (χ0n) is 7.03. The Morgan fingerprint density at radius 2 is 2.18 bits per heavy atom. The molecule has 0 aromatic carbocycles. The highest BCUT2D eigenvalue weighted by atomic mass is 15.2. The Labute approximate surface area is 68.4 Å². The Balaban J connectivity index is 2.13. The third kappa shape index (κ3) is 1.14. The van der Waals surface area contributed by atoms with Gasteiger partial charge < -0.3 is 0 Å². The first-order valence-corrected chi connectivity index (χ1v) is 4.51. The van der Waals surface area contributed by atoms with E-state index in [0.29, 0.717) is 6.04 Å². The predicted molar refractivity (Wildman–Crippen MR) is 47.4 cm³/mol. The molecule has 60 valence electrons. The van der Waals surface area contributed by atoms with Crippen molar-refractivity contribution in [3.63, 3.8) is 0 Å². The van der Waals surface area contributed by atoms with Gasteiger partial charge in [0, 0.05) is 6.04 Å². The van der Waals surface area contributed by atoms with Crippen LogP contribution in [0.3, 0.4) is 0 Å². The van der Waals surface area contributed by atoms with Crippen molar-refractivity contribution in [2.75, 3.05) is 13.1 Å². The number of rotatable bonds is 1. The molecule has 1 aliphatic carbocycles. The molecule has 2 unspecified atom stereocenters. The average molecular weight is 149 g/mol. The van der Waals surface area contributed by atoms with Gasteiger partial charge >= 0.3 is 0 Å². The summed E-state index contributed by atoms with van der Waals surface area (Å²) in [7, 11) is 0. The molecule has 0 aromatic rings. The van der Waals surface area contributed by atoms with Crippen LogP contribution in [0.25, 0.3) is 0 Å². The van der Waals surface area contributed by atoms with E-state index in [0.717, 1.165) is 5.92 Å². The highest BCUT2D eigenvalue weighted by Crippen LogP contribution is 2.28. The maximum absolute atomic E-state index is 2.55. The number of fused-ring (bicyclic) bond motifs is 1. The summed E-state index contributed by atoms with van der Waals surface area (Å²) in [5.74, 6) is 0.806. The van der Waals surface area contributed by atoms with Crippen LogP contribution >= 0.6 is 0 Å². The van der Waals surface area contributed by atoms with Crippen LogP contribution in [-0.4, -0.2) is 24.0 Å². The lowest BCUT2D eigenvalue weighted by molar-refractivity contribution is 0.291. The maximum atomic E-state index is 2.55. The van der Waals surface area contributed by atoms with Gasteiger partial charge in [-0.25, -0.2) is 0 Å². The summed E-state index contributed by atoms with van der Waals surface area (Å²) in [6.07, 6.45) is 10.4. The normalized spacial score (nSPS) is 36.1. The summed E-state index contributed by atoms with van der Waals surface area (Å²) in [4.78, 5) is 2.55. The Kier molecular flexibility index (Phi) is 1.82. The highest BCUT2D eigenvalue weighted by Gasteiger charge is 2.29. The molecule has 0 spiro atoms. The van der Waals surface area contributed by atoms with Gasteiger partial charge in [-0.05, 0) is 25.4 Å². The second-order valence-electron chi connectivity index (χ2n) is 3.34. The number of hydrogen-bond donors (Lipinski definition) is 0. The van der Waals surface area contributed by atoms with Crippen molar-refractivity contribution < 1.29 is 0 Å². The fourth-order valence-electron chi connectivity index (χ4n) is 2.13. The number of likely N-dealkylation sites (N-methyl/N-ethyl adjacent to an activating group) is 1. The van der Waals surface area contributed by atoms with E-state index in [1.807, 2.05) is 0 Å². The Bertz CT molecular complexity index is 193. The third-order valence-corrected chi connectivity index (χ3v) is 2.79. The molecule has 0 saturated carbocycles. The third-order valence-electron chi connectivity index (χ3n) is 2.79. The van der Waals surface area contributed by atoms with Crippen molar-refractivity contribution in [3.05, 3.63) is 24.3 Å². The zero-order chi connectivity index (χ0) is 7.68. The van der Waals surface area contributed by atoms with E-state index in [1.165, 1.54) is 19.5 Å². The Morgan fingerprint density at radius 3 is 3.00 bits per heavy atom. The molecule has 0 amide bonds. The first kappa shape index (κ1) is 7.11. The molecule has 1 nitrogen and oxygen atoms in total. The molecule has 1 heteroatoms. The molecule has 2 aliphatic rings. The van der Waals surface area contributed by atoms with Gasteiger partial charge in [0.2, 0.25) is 0 Å². The summed E-state index contributed by atoms with van der Waals surface area (Å²) < 4.78 is 0. The number of likely N-dealkylation sites (tertiary alicyclic amines) is 1. The molecular formula is C10H15N. The van der Waals surface area contributed by atoms with Crippen molar-refractivity contribution in [1.82, 2.24) is 4.90 Å². The fourth-order valence-corrected chi connectivity index (χ4v) is 2.13. The van der Waals surface area contributed by atoms with Crippen LogP contribution in [-0.2, 0) is 0 Å². The Hall–Kier alpha value is -0.560.